The van der Waals surface area contributed by atoms with Crippen molar-refractivity contribution in [3.63, 3.8) is 0 Å². The number of rotatable bonds is 7. The summed E-state index contributed by atoms with van der Waals surface area (Å²) in [6.45, 7) is 3.87. The Hall–Kier alpha value is -2.71. The predicted octanol–water partition coefficient (Wildman–Crippen LogP) is 2.88. The highest BCUT2D eigenvalue weighted by atomic mass is 32.2. The van der Waals surface area contributed by atoms with Crippen LogP contribution in [0, 0.1) is 13.8 Å². The van der Waals surface area contributed by atoms with Crippen LogP contribution in [0.25, 0.3) is 11.4 Å². The number of ether oxygens (including phenoxy) is 1. The molecule has 3 aromatic rings. The van der Waals surface area contributed by atoms with Gasteiger partial charge in [-0.3, -0.25) is 0 Å². The van der Waals surface area contributed by atoms with Gasteiger partial charge in [-0.05, 0) is 49.7 Å². The van der Waals surface area contributed by atoms with E-state index in [9.17, 15) is 8.42 Å². The lowest BCUT2D eigenvalue weighted by atomic mass is 10.2. The first kappa shape index (κ1) is 19.1. The number of benzene rings is 2. The molecule has 0 aliphatic rings. The smallest absolute Gasteiger partial charge is 0.240 e. The highest BCUT2D eigenvalue weighted by Gasteiger charge is 2.17. The van der Waals surface area contributed by atoms with E-state index in [0.717, 1.165) is 16.9 Å². The topological polar surface area (TPSA) is 94.3 Å². The second-order valence-corrected chi connectivity index (χ2v) is 7.89. The van der Waals surface area contributed by atoms with Crippen molar-refractivity contribution in [2.24, 2.45) is 0 Å². The lowest BCUT2D eigenvalue weighted by Gasteiger charge is -2.09. The Balaban J connectivity index is 1.63. The molecule has 0 bridgehead atoms. The van der Waals surface area contributed by atoms with Crippen molar-refractivity contribution in [3.05, 3.63) is 59.5 Å². The van der Waals surface area contributed by atoms with Crippen LogP contribution in [0.2, 0.25) is 0 Å². The van der Waals surface area contributed by atoms with Gasteiger partial charge in [0.2, 0.25) is 21.7 Å². The van der Waals surface area contributed by atoms with Crippen LogP contribution in [0.5, 0.6) is 5.75 Å². The van der Waals surface area contributed by atoms with E-state index >= 15 is 0 Å². The second-order valence-electron chi connectivity index (χ2n) is 6.16. The van der Waals surface area contributed by atoms with E-state index in [2.05, 4.69) is 14.9 Å². The largest absolute Gasteiger partial charge is 0.497 e. The van der Waals surface area contributed by atoms with E-state index in [0.29, 0.717) is 23.7 Å². The number of methoxy groups -OCH3 is 1. The van der Waals surface area contributed by atoms with E-state index in [1.807, 2.05) is 37.3 Å². The third-order valence-corrected chi connectivity index (χ3v) is 5.69. The molecule has 0 radical (unpaired) electrons. The molecule has 1 aromatic heterocycles. The van der Waals surface area contributed by atoms with Crippen molar-refractivity contribution in [1.29, 1.82) is 0 Å². The molecule has 3 rings (SSSR count). The van der Waals surface area contributed by atoms with Crippen molar-refractivity contribution in [2.45, 2.75) is 25.2 Å². The fraction of sp³-hybridized carbons (Fsp3) is 0.263. The minimum absolute atomic E-state index is 0.167. The van der Waals surface area contributed by atoms with Gasteiger partial charge in [0.05, 0.1) is 12.0 Å². The molecule has 7 nitrogen and oxygen atoms in total. The zero-order chi connectivity index (χ0) is 19.4. The Morgan fingerprint density at radius 2 is 1.85 bits per heavy atom. The average Bonchev–Trinajstić information content (AvgIpc) is 3.10. The van der Waals surface area contributed by atoms with Gasteiger partial charge in [0, 0.05) is 18.5 Å². The number of aryl methyl sites for hydroxylation is 2. The standard InChI is InChI=1S/C19H21N3O4S/c1-13-4-9-17(14(2)12-13)27(23,24)20-11-10-18-21-19(22-26-18)15-5-7-16(25-3)8-6-15/h4-9,12,20H,10-11H2,1-3H3. The predicted molar refractivity (Wildman–Crippen MR) is 101 cm³/mol. The minimum Gasteiger partial charge on any atom is -0.497 e. The van der Waals surface area contributed by atoms with Crippen molar-refractivity contribution >= 4 is 10.0 Å². The molecule has 0 aliphatic heterocycles. The van der Waals surface area contributed by atoms with Crippen molar-refractivity contribution in [2.75, 3.05) is 13.7 Å². The molecule has 0 aliphatic carbocycles. The molecule has 0 spiro atoms. The molecule has 0 saturated carbocycles. The molecular weight excluding hydrogens is 366 g/mol. The molecule has 0 saturated heterocycles. The maximum atomic E-state index is 12.5. The number of hydrogen-bond donors (Lipinski definition) is 1. The lowest BCUT2D eigenvalue weighted by Crippen LogP contribution is -2.26. The molecule has 1 heterocycles. The van der Waals surface area contributed by atoms with E-state index in [1.54, 1.807) is 26.2 Å². The lowest BCUT2D eigenvalue weighted by molar-refractivity contribution is 0.379. The van der Waals surface area contributed by atoms with Gasteiger partial charge in [0.25, 0.3) is 0 Å². The summed E-state index contributed by atoms with van der Waals surface area (Å²) in [6, 6.07) is 12.5. The minimum atomic E-state index is -3.58. The van der Waals surface area contributed by atoms with Gasteiger partial charge in [0.15, 0.2) is 0 Å². The Kier molecular flexibility index (Phi) is 5.57. The molecule has 1 N–H and O–H groups in total. The second kappa shape index (κ2) is 7.89. The Bertz CT molecular complexity index is 1030. The summed E-state index contributed by atoms with van der Waals surface area (Å²) >= 11 is 0. The summed E-state index contributed by atoms with van der Waals surface area (Å²) in [4.78, 5) is 4.58. The van der Waals surface area contributed by atoms with Crippen LogP contribution in [-0.2, 0) is 16.4 Å². The van der Waals surface area contributed by atoms with Gasteiger partial charge < -0.3 is 9.26 Å². The van der Waals surface area contributed by atoms with Gasteiger partial charge in [0.1, 0.15) is 5.75 Å². The third-order valence-electron chi connectivity index (χ3n) is 4.07. The molecule has 27 heavy (non-hydrogen) atoms. The van der Waals surface area contributed by atoms with Crippen LogP contribution in [0.4, 0.5) is 0 Å². The van der Waals surface area contributed by atoms with Crippen LogP contribution in [0.1, 0.15) is 17.0 Å². The average molecular weight is 387 g/mol. The number of aromatic nitrogens is 2. The number of hydrogen-bond acceptors (Lipinski definition) is 6. The highest BCUT2D eigenvalue weighted by Crippen LogP contribution is 2.20. The summed E-state index contributed by atoms with van der Waals surface area (Å²) in [6.07, 6.45) is 0.299. The molecule has 0 amide bonds. The van der Waals surface area contributed by atoms with Crippen LogP contribution in [-0.4, -0.2) is 32.2 Å². The van der Waals surface area contributed by atoms with Crippen LogP contribution in [0.3, 0.4) is 0 Å². The zero-order valence-electron chi connectivity index (χ0n) is 15.4. The van der Waals surface area contributed by atoms with Gasteiger partial charge in [-0.1, -0.05) is 22.9 Å². The SMILES string of the molecule is COc1ccc(-c2noc(CCNS(=O)(=O)c3ccc(C)cc3C)n2)cc1. The molecule has 2 aromatic carbocycles. The van der Waals surface area contributed by atoms with Crippen molar-refractivity contribution < 1.29 is 17.7 Å². The monoisotopic (exact) mass is 387 g/mol. The molecule has 0 fully saturated rings. The normalized spacial score (nSPS) is 11.5. The van der Waals surface area contributed by atoms with Gasteiger partial charge in [-0.25, -0.2) is 13.1 Å². The Labute approximate surface area is 158 Å². The molecule has 0 unspecified atom stereocenters. The molecular formula is C19H21N3O4S. The summed E-state index contributed by atoms with van der Waals surface area (Å²) < 4.78 is 37.8. The van der Waals surface area contributed by atoms with Crippen molar-refractivity contribution in [1.82, 2.24) is 14.9 Å². The van der Waals surface area contributed by atoms with E-state index < -0.39 is 10.0 Å². The Morgan fingerprint density at radius 3 is 2.52 bits per heavy atom. The number of nitrogens with zero attached hydrogens (tertiary/aromatic N) is 2. The maximum Gasteiger partial charge on any atom is 0.240 e. The summed E-state index contributed by atoms with van der Waals surface area (Å²) in [5, 5.41) is 3.93. The maximum absolute atomic E-state index is 12.5. The Morgan fingerprint density at radius 1 is 1.11 bits per heavy atom. The molecule has 0 atom stereocenters. The van der Waals surface area contributed by atoms with Crippen LogP contribution < -0.4 is 9.46 Å². The first-order valence-electron chi connectivity index (χ1n) is 8.43. The molecule has 8 heteroatoms. The summed E-state index contributed by atoms with van der Waals surface area (Å²) in [5.74, 6) is 1.55. The zero-order valence-corrected chi connectivity index (χ0v) is 16.2. The molecule has 142 valence electrons. The fourth-order valence-corrected chi connectivity index (χ4v) is 3.94. The number of sulfonamides is 1. The number of nitrogens with one attached hydrogen (secondary N) is 1. The first-order valence-corrected chi connectivity index (χ1v) is 9.91. The van der Waals surface area contributed by atoms with Crippen molar-refractivity contribution in [3.8, 4) is 17.1 Å². The summed E-state index contributed by atoms with van der Waals surface area (Å²) in [5.41, 5.74) is 2.52. The van der Waals surface area contributed by atoms with Gasteiger partial charge >= 0.3 is 0 Å². The third kappa shape index (κ3) is 4.53. The van der Waals surface area contributed by atoms with E-state index in [-0.39, 0.29) is 11.4 Å². The highest BCUT2D eigenvalue weighted by molar-refractivity contribution is 7.89. The van der Waals surface area contributed by atoms with Gasteiger partial charge in [-0.2, -0.15) is 4.98 Å². The van der Waals surface area contributed by atoms with E-state index in [4.69, 9.17) is 9.26 Å². The fourth-order valence-electron chi connectivity index (χ4n) is 2.68. The first-order chi connectivity index (χ1) is 12.9. The van der Waals surface area contributed by atoms with Crippen LogP contribution in [0.15, 0.2) is 51.9 Å². The van der Waals surface area contributed by atoms with Gasteiger partial charge in [-0.15, -0.1) is 0 Å². The van der Waals surface area contributed by atoms with E-state index in [1.165, 1.54) is 0 Å². The van der Waals surface area contributed by atoms with Crippen LogP contribution >= 0.6 is 0 Å². The summed E-state index contributed by atoms with van der Waals surface area (Å²) in [7, 11) is -1.99. The quantitative estimate of drug-likeness (QED) is 0.670.